The molecule has 0 unspecified atom stereocenters. The summed E-state index contributed by atoms with van der Waals surface area (Å²) < 4.78 is 40.2. The summed E-state index contributed by atoms with van der Waals surface area (Å²) in [5.74, 6) is -0.793. The molecule has 2 aromatic rings. The summed E-state index contributed by atoms with van der Waals surface area (Å²) in [4.78, 5) is 15.7. The number of hydrogen-bond acceptors (Lipinski definition) is 5. The molecular formula is C12H12ClFN4O3S2. The fourth-order valence-electron chi connectivity index (χ4n) is 2.34. The summed E-state index contributed by atoms with van der Waals surface area (Å²) in [6.45, 7) is 1.17. The van der Waals surface area contributed by atoms with Gasteiger partial charge in [0.1, 0.15) is 16.4 Å². The number of nitrogens with two attached hydrogens (primary N) is 1. The third kappa shape index (κ3) is 3.11. The molecule has 1 aromatic carbocycles. The number of halogens is 2. The zero-order chi connectivity index (χ0) is 16.8. The van der Waals surface area contributed by atoms with Gasteiger partial charge in [-0.15, -0.1) is 0 Å². The Kier molecular flexibility index (Phi) is 4.17. The van der Waals surface area contributed by atoms with E-state index in [1.165, 1.54) is 0 Å². The van der Waals surface area contributed by atoms with Crippen molar-refractivity contribution in [2.24, 2.45) is 10.1 Å². The van der Waals surface area contributed by atoms with Gasteiger partial charge in [0, 0.05) is 13.1 Å². The summed E-state index contributed by atoms with van der Waals surface area (Å²) in [7, 11) is -4.11. The molecule has 11 heteroatoms. The van der Waals surface area contributed by atoms with Gasteiger partial charge in [-0.1, -0.05) is 11.6 Å². The number of nitrogens with zero attached hydrogens (tertiary/aromatic N) is 3. The molecule has 2 N–H and O–H groups in total. The van der Waals surface area contributed by atoms with Crippen LogP contribution in [0.1, 0.15) is 12.8 Å². The highest BCUT2D eigenvalue weighted by atomic mass is 35.5. The third-order valence-electron chi connectivity index (χ3n) is 3.42. The fraction of sp³-hybridized carbons (Fsp3) is 0.333. The second-order valence-electron chi connectivity index (χ2n) is 4.99. The van der Waals surface area contributed by atoms with E-state index < -0.39 is 20.7 Å². The van der Waals surface area contributed by atoms with Crippen LogP contribution in [0.2, 0.25) is 5.02 Å². The van der Waals surface area contributed by atoms with Crippen LogP contribution in [0.25, 0.3) is 0 Å². The number of fused-ring (bicyclic) bond motifs is 1. The lowest BCUT2D eigenvalue weighted by atomic mass is 10.3. The van der Waals surface area contributed by atoms with Gasteiger partial charge in [-0.25, -0.2) is 27.6 Å². The van der Waals surface area contributed by atoms with Crippen molar-refractivity contribution in [2.45, 2.75) is 30.8 Å². The first-order valence-electron chi connectivity index (χ1n) is 6.65. The topological polar surface area (TPSA) is 99.5 Å². The van der Waals surface area contributed by atoms with E-state index in [4.69, 9.17) is 16.7 Å². The van der Waals surface area contributed by atoms with E-state index in [1.54, 1.807) is 9.36 Å². The van der Waals surface area contributed by atoms with Crippen molar-refractivity contribution in [3.8, 4) is 0 Å². The summed E-state index contributed by atoms with van der Waals surface area (Å²) in [5, 5.41) is 4.74. The minimum atomic E-state index is -4.11. The summed E-state index contributed by atoms with van der Waals surface area (Å²) >= 11 is 6.59. The summed E-state index contributed by atoms with van der Waals surface area (Å²) in [5.41, 5.74) is -0.235. The normalized spacial score (nSPS) is 15.7. The maximum Gasteiger partial charge on any atom is 0.325 e. The minimum absolute atomic E-state index is 0.190. The standard InChI is InChI=1S/C12H12ClFN4O3S2/c13-7-5-8(14)9(6-10(7)23(15,20)21)16-11-17-3-1-2-4-18(17)12(19)22-11/h5-6H,1-4H2,(H2,15,20,21). The molecule has 7 nitrogen and oxygen atoms in total. The highest BCUT2D eigenvalue weighted by molar-refractivity contribution is 7.89. The van der Waals surface area contributed by atoms with Gasteiger partial charge in [-0.05, 0) is 36.3 Å². The summed E-state index contributed by atoms with van der Waals surface area (Å²) in [6.07, 6.45) is 1.77. The molecule has 1 aromatic heterocycles. The fourth-order valence-corrected chi connectivity index (χ4v) is 4.31. The van der Waals surface area contributed by atoms with Crippen molar-refractivity contribution in [3.63, 3.8) is 0 Å². The lowest BCUT2D eigenvalue weighted by molar-refractivity contribution is 0.345. The third-order valence-corrected chi connectivity index (χ3v) is 5.66. The Bertz CT molecular complexity index is 1010. The predicted octanol–water partition coefficient (Wildman–Crippen LogP) is 1.18. The lowest BCUT2D eigenvalue weighted by Gasteiger charge is -2.15. The van der Waals surface area contributed by atoms with E-state index >= 15 is 0 Å². The van der Waals surface area contributed by atoms with Gasteiger partial charge >= 0.3 is 4.87 Å². The first-order valence-corrected chi connectivity index (χ1v) is 9.39. The Morgan fingerprint density at radius 1 is 1.26 bits per heavy atom. The van der Waals surface area contributed by atoms with Crippen LogP contribution in [0.5, 0.6) is 0 Å². The van der Waals surface area contributed by atoms with Crippen LogP contribution < -0.4 is 14.8 Å². The van der Waals surface area contributed by atoms with Crippen LogP contribution in [0.3, 0.4) is 0 Å². The molecule has 2 heterocycles. The van der Waals surface area contributed by atoms with Crippen molar-refractivity contribution in [1.82, 2.24) is 9.36 Å². The first-order chi connectivity index (χ1) is 10.8. The van der Waals surface area contributed by atoms with E-state index in [2.05, 4.69) is 4.99 Å². The molecule has 124 valence electrons. The van der Waals surface area contributed by atoms with Gasteiger partial charge in [0.15, 0.2) is 0 Å². The molecule has 3 rings (SSSR count). The minimum Gasteiger partial charge on any atom is -0.256 e. The lowest BCUT2D eigenvalue weighted by Crippen LogP contribution is -2.31. The summed E-state index contributed by atoms with van der Waals surface area (Å²) in [6, 6.07) is 1.81. The largest absolute Gasteiger partial charge is 0.325 e. The van der Waals surface area contributed by atoms with Gasteiger partial charge in [-0.3, -0.25) is 9.48 Å². The maximum absolute atomic E-state index is 14.0. The smallest absolute Gasteiger partial charge is 0.256 e. The highest BCUT2D eigenvalue weighted by Crippen LogP contribution is 2.28. The van der Waals surface area contributed by atoms with Gasteiger partial charge in [0.05, 0.1) is 5.02 Å². The second kappa shape index (κ2) is 5.86. The number of rotatable bonds is 2. The number of sulfonamides is 1. The zero-order valence-electron chi connectivity index (χ0n) is 11.7. The maximum atomic E-state index is 14.0. The van der Waals surface area contributed by atoms with Crippen molar-refractivity contribution in [2.75, 3.05) is 0 Å². The van der Waals surface area contributed by atoms with Crippen LogP contribution in [0.15, 0.2) is 26.8 Å². The molecule has 0 aliphatic carbocycles. The first kappa shape index (κ1) is 16.4. The van der Waals surface area contributed by atoms with Crippen molar-refractivity contribution in [3.05, 3.63) is 37.4 Å². The molecule has 0 amide bonds. The molecule has 0 atom stereocenters. The van der Waals surface area contributed by atoms with Gasteiger partial charge < -0.3 is 0 Å². The van der Waals surface area contributed by atoms with Crippen LogP contribution in [-0.2, 0) is 23.1 Å². The van der Waals surface area contributed by atoms with Crippen LogP contribution in [-0.4, -0.2) is 17.8 Å². The molecule has 0 radical (unpaired) electrons. The Balaban J connectivity index is 2.23. The predicted molar refractivity (Wildman–Crippen MR) is 83.8 cm³/mol. The molecule has 23 heavy (non-hydrogen) atoms. The quantitative estimate of drug-likeness (QED) is 0.849. The monoisotopic (exact) mass is 378 g/mol. The van der Waals surface area contributed by atoms with Crippen molar-refractivity contribution in [1.29, 1.82) is 0 Å². The van der Waals surface area contributed by atoms with Crippen molar-refractivity contribution < 1.29 is 12.8 Å². The van der Waals surface area contributed by atoms with E-state index in [0.29, 0.717) is 17.9 Å². The van der Waals surface area contributed by atoms with Gasteiger partial charge in [0.25, 0.3) is 0 Å². The Morgan fingerprint density at radius 3 is 2.57 bits per heavy atom. The van der Waals surface area contributed by atoms with E-state index in [1.807, 2.05) is 0 Å². The van der Waals surface area contributed by atoms with Crippen LogP contribution >= 0.6 is 22.9 Å². The molecule has 1 aliphatic heterocycles. The number of primary sulfonamides is 1. The molecular weight excluding hydrogens is 367 g/mol. The van der Waals surface area contributed by atoms with E-state index in [-0.39, 0.29) is 15.6 Å². The van der Waals surface area contributed by atoms with Gasteiger partial charge in [0.2, 0.25) is 14.8 Å². The zero-order valence-corrected chi connectivity index (χ0v) is 14.1. The Labute approximate surface area is 139 Å². The molecule has 0 saturated carbocycles. The Morgan fingerprint density at radius 2 is 1.91 bits per heavy atom. The van der Waals surface area contributed by atoms with Crippen LogP contribution in [0, 0.1) is 5.82 Å². The number of hydrogen-bond donors (Lipinski definition) is 1. The second-order valence-corrected chi connectivity index (χ2v) is 7.85. The average Bonchev–Trinajstić information content (AvgIpc) is 2.78. The van der Waals surface area contributed by atoms with E-state index in [9.17, 15) is 17.6 Å². The molecule has 0 fully saturated rings. The highest BCUT2D eigenvalue weighted by Gasteiger charge is 2.18. The van der Waals surface area contributed by atoms with Crippen LogP contribution in [0.4, 0.5) is 10.1 Å². The number of benzene rings is 1. The number of aromatic nitrogens is 2. The molecule has 1 aliphatic rings. The van der Waals surface area contributed by atoms with Crippen molar-refractivity contribution >= 4 is 38.6 Å². The van der Waals surface area contributed by atoms with Gasteiger partial charge in [-0.2, -0.15) is 0 Å². The molecule has 0 spiro atoms. The molecule has 0 bridgehead atoms. The Hall–Kier alpha value is -1.49. The average molecular weight is 379 g/mol. The molecule has 0 saturated heterocycles. The SMILES string of the molecule is NS(=O)(=O)c1cc(N=c2sc(=O)n3n2CCCC3)c(F)cc1Cl. The van der Waals surface area contributed by atoms with E-state index in [0.717, 1.165) is 36.3 Å².